The number of esters is 2. The van der Waals surface area contributed by atoms with E-state index in [9.17, 15) is 9.59 Å². The molecular formula is C18H34O4. The Bertz CT molecular complexity index is 312. The smallest absolute Gasteiger partial charge is 0.306 e. The third-order valence-corrected chi connectivity index (χ3v) is 3.74. The van der Waals surface area contributed by atoms with Crippen LogP contribution in [-0.2, 0) is 19.1 Å². The maximum atomic E-state index is 11.7. The molecule has 0 amide bonds. The highest BCUT2D eigenvalue weighted by molar-refractivity contribution is 5.72. The summed E-state index contributed by atoms with van der Waals surface area (Å²) in [5.74, 6) is -0.111. The summed E-state index contributed by atoms with van der Waals surface area (Å²) in [7, 11) is 0. The predicted molar refractivity (Wildman–Crippen MR) is 88.6 cm³/mol. The minimum absolute atomic E-state index is 0.0296. The summed E-state index contributed by atoms with van der Waals surface area (Å²) in [6, 6.07) is 0. The van der Waals surface area contributed by atoms with Crippen LogP contribution in [0.2, 0.25) is 0 Å². The van der Waals surface area contributed by atoms with Gasteiger partial charge in [0.15, 0.2) is 0 Å². The van der Waals surface area contributed by atoms with Gasteiger partial charge in [-0.1, -0.05) is 40.5 Å². The van der Waals surface area contributed by atoms with Crippen molar-refractivity contribution in [2.75, 3.05) is 0 Å². The second-order valence-electron chi connectivity index (χ2n) is 6.33. The molecule has 0 aromatic rings. The van der Waals surface area contributed by atoms with Gasteiger partial charge in [0.05, 0.1) is 6.10 Å². The van der Waals surface area contributed by atoms with E-state index in [1.54, 1.807) is 0 Å². The van der Waals surface area contributed by atoms with Crippen LogP contribution in [-0.4, -0.2) is 24.1 Å². The van der Waals surface area contributed by atoms with Gasteiger partial charge in [-0.25, -0.2) is 0 Å². The van der Waals surface area contributed by atoms with Crippen LogP contribution >= 0.6 is 0 Å². The van der Waals surface area contributed by atoms with Crippen molar-refractivity contribution in [2.24, 2.45) is 5.92 Å². The van der Waals surface area contributed by atoms with Crippen molar-refractivity contribution in [1.29, 1.82) is 0 Å². The molecule has 0 aromatic heterocycles. The SMILES string of the molecule is CCCCCC(C)OC(=O)CCCC(=O)OC(CC)C(C)C. The number of rotatable bonds is 12. The highest BCUT2D eigenvalue weighted by Gasteiger charge is 2.16. The molecule has 0 aliphatic carbocycles. The molecule has 0 aliphatic rings. The lowest BCUT2D eigenvalue weighted by atomic mass is 10.1. The normalized spacial score (nSPS) is 13.7. The Morgan fingerprint density at radius 2 is 1.45 bits per heavy atom. The molecule has 0 saturated carbocycles. The second-order valence-corrected chi connectivity index (χ2v) is 6.33. The van der Waals surface area contributed by atoms with Crippen LogP contribution in [0.15, 0.2) is 0 Å². The molecule has 0 radical (unpaired) electrons. The first-order chi connectivity index (χ1) is 10.4. The minimum atomic E-state index is -0.218. The lowest BCUT2D eigenvalue weighted by Crippen LogP contribution is -2.23. The second kappa shape index (κ2) is 12.5. The third kappa shape index (κ3) is 10.6. The Labute approximate surface area is 135 Å². The van der Waals surface area contributed by atoms with E-state index in [1.807, 2.05) is 27.7 Å². The molecule has 0 N–H and O–H groups in total. The van der Waals surface area contributed by atoms with Gasteiger partial charge in [-0.2, -0.15) is 0 Å². The topological polar surface area (TPSA) is 52.6 Å². The molecule has 0 fully saturated rings. The standard InChI is InChI=1S/C18H34O4/c1-6-8-9-11-15(5)21-17(19)12-10-13-18(20)22-16(7-2)14(3)4/h14-16H,6-13H2,1-5H3. The minimum Gasteiger partial charge on any atom is -0.463 e. The summed E-state index contributed by atoms with van der Waals surface area (Å²) in [6.45, 7) is 10.2. The molecule has 2 unspecified atom stereocenters. The molecule has 0 heterocycles. The van der Waals surface area contributed by atoms with E-state index in [4.69, 9.17) is 9.47 Å². The number of ether oxygens (including phenoxy) is 2. The first-order valence-corrected chi connectivity index (χ1v) is 8.79. The first kappa shape index (κ1) is 20.9. The molecular weight excluding hydrogens is 280 g/mol. The number of carbonyl (C=O) groups is 2. The lowest BCUT2D eigenvalue weighted by Gasteiger charge is -2.19. The van der Waals surface area contributed by atoms with Crippen molar-refractivity contribution < 1.29 is 19.1 Å². The van der Waals surface area contributed by atoms with E-state index < -0.39 is 0 Å². The Morgan fingerprint density at radius 1 is 0.864 bits per heavy atom. The molecule has 130 valence electrons. The Hall–Kier alpha value is -1.06. The molecule has 0 aliphatic heterocycles. The maximum absolute atomic E-state index is 11.7. The van der Waals surface area contributed by atoms with E-state index in [2.05, 4.69) is 6.92 Å². The molecule has 0 bridgehead atoms. The summed E-state index contributed by atoms with van der Waals surface area (Å²) in [5.41, 5.74) is 0. The number of carbonyl (C=O) groups excluding carboxylic acids is 2. The zero-order valence-corrected chi connectivity index (χ0v) is 15.0. The van der Waals surface area contributed by atoms with Crippen molar-refractivity contribution in [3.8, 4) is 0 Å². The lowest BCUT2D eigenvalue weighted by molar-refractivity contribution is -0.152. The molecule has 4 heteroatoms. The summed E-state index contributed by atoms with van der Waals surface area (Å²) < 4.78 is 10.7. The van der Waals surface area contributed by atoms with Gasteiger partial charge in [0.2, 0.25) is 0 Å². The quantitative estimate of drug-likeness (QED) is 0.389. The molecule has 0 rings (SSSR count). The zero-order valence-electron chi connectivity index (χ0n) is 15.0. The monoisotopic (exact) mass is 314 g/mol. The molecule has 2 atom stereocenters. The van der Waals surface area contributed by atoms with Gasteiger partial charge >= 0.3 is 11.9 Å². The number of hydrogen-bond acceptors (Lipinski definition) is 4. The Morgan fingerprint density at radius 3 is 1.95 bits per heavy atom. The van der Waals surface area contributed by atoms with Crippen LogP contribution in [0.1, 0.15) is 86.0 Å². The van der Waals surface area contributed by atoms with Crippen LogP contribution in [0.5, 0.6) is 0 Å². The molecule has 0 spiro atoms. The number of unbranched alkanes of at least 4 members (excludes halogenated alkanes) is 2. The predicted octanol–water partition coefficient (Wildman–Crippen LogP) is 4.65. The molecule has 0 saturated heterocycles. The van der Waals surface area contributed by atoms with Gasteiger partial charge in [-0.05, 0) is 38.5 Å². The van der Waals surface area contributed by atoms with Crippen molar-refractivity contribution in [2.45, 2.75) is 98.2 Å². The van der Waals surface area contributed by atoms with Crippen LogP contribution in [0.25, 0.3) is 0 Å². The van der Waals surface area contributed by atoms with Gasteiger partial charge in [0, 0.05) is 12.8 Å². The van der Waals surface area contributed by atoms with Gasteiger partial charge in [0.1, 0.15) is 6.10 Å². The third-order valence-electron chi connectivity index (χ3n) is 3.74. The summed E-state index contributed by atoms with van der Waals surface area (Å²) in [6.07, 6.45) is 6.15. The first-order valence-electron chi connectivity index (χ1n) is 8.79. The van der Waals surface area contributed by atoms with Crippen LogP contribution in [0, 0.1) is 5.92 Å². The van der Waals surface area contributed by atoms with E-state index in [-0.39, 0.29) is 37.0 Å². The van der Waals surface area contributed by atoms with Crippen molar-refractivity contribution in [1.82, 2.24) is 0 Å². The number of hydrogen-bond donors (Lipinski definition) is 0. The van der Waals surface area contributed by atoms with Crippen molar-refractivity contribution >= 4 is 11.9 Å². The summed E-state index contributed by atoms with van der Waals surface area (Å²) in [4.78, 5) is 23.4. The Balaban J connectivity index is 3.80. The average molecular weight is 314 g/mol. The van der Waals surface area contributed by atoms with Gasteiger partial charge in [-0.3, -0.25) is 9.59 Å². The summed E-state index contributed by atoms with van der Waals surface area (Å²) in [5, 5.41) is 0. The van der Waals surface area contributed by atoms with Crippen LogP contribution in [0.3, 0.4) is 0 Å². The maximum Gasteiger partial charge on any atom is 0.306 e. The van der Waals surface area contributed by atoms with E-state index in [1.165, 1.54) is 6.42 Å². The van der Waals surface area contributed by atoms with Crippen molar-refractivity contribution in [3.05, 3.63) is 0 Å². The van der Waals surface area contributed by atoms with Gasteiger partial charge in [-0.15, -0.1) is 0 Å². The Kier molecular flexibility index (Phi) is 11.9. The molecule has 22 heavy (non-hydrogen) atoms. The van der Waals surface area contributed by atoms with Crippen LogP contribution < -0.4 is 0 Å². The highest BCUT2D eigenvalue weighted by atomic mass is 16.5. The summed E-state index contributed by atoms with van der Waals surface area (Å²) >= 11 is 0. The fourth-order valence-electron chi connectivity index (χ4n) is 2.32. The molecule has 0 aromatic carbocycles. The van der Waals surface area contributed by atoms with E-state index in [0.29, 0.717) is 12.3 Å². The largest absolute Gasteiger partial charge is 0.463 e. The van der Waals surface area contributed by atoms with E-state index in [0.717, 1.165) is 25.7 Å². The van der Waals surface area contributed by atoms with E-state index >= 15 is 0 Å². The highest BCUT2D eigenvalue weighted by Crippen LogP contribution is 2.13. The van der Waals surface area contributed by atoms with Gasteiger partial charge in [0.25, 0.3) is 0 Å². The molecule has 4 nitrogen and oxygen atoms in total. The van der Waals surface area contributed by atoms with Crippen LogP contribution in [0.4, 0.5) is 0 Å². The fourth-order valence-corrected chi connectivity index (χ4v) is 2.32. The zero-order chi connectivity index (χ0) is 17.0. The fraction of sp³-hybridized carbons (Fsp3) is 0.889. The van der Waals surface area contributed by atoms with Crippen molar-refractivity contribution in [3.63, 3.8) is 0 Å². The average Bonchev–Trinajstić information content (AvgIpc) is 2.44. The van der Waals surface area contributed by atoms with Gasteiger partial charge < -0.3 is 9.47 Å².